The lowest BCUT2D eigenvalue weighted by Crippen LogP contribution is -2.47. The van der Waals surface area contributed by atoms with Crippen molar-refractivity contribution < 1.29 is 33.3 Å². The molecule has 0 aromatic heterocycles. The molecule has 3 amide bonds. The SMILES string of the molecule is COCCNC(=O)C(=O)NC[C@H]1OCCN1C(=O)c1ccc2c(c1)OCO2. The largest absolute Gasteiger partial charge is 0.454 e. The summed E-state index contributed by atoms with van der Waals surface area (Å²) in [6.07, 6.45) is -0.654. The Morgan fingerprint density at radius 3 is 2.78 bits per heavy atom. The van der Waals surface area contributed by atoms with Crippen LogP contribution in [-0.4, -0.2) is 75.6 Å². The number of amides is 3. The van der Waals surface area contributed by atoms with Gasteiger partial charge in [-0.3, -0.25) is 14.4 Å². The first-order valence-electron chi connectivity index (χ1n) is 8.47. The summed E-state index contributed by atoms with van der Waals surface area (Å²) in [6, 6.07) is 4.93. The molecule has 0 aliphatic carbocycles. The molecule has 0 radical (unpaired) electrons. The molecule has 1 atom stereocenters. The van der Waals surface area contributed by atoms with E-state index < -0.39 is 18.0 Å². The number of hydrogen-bond acceptors (Lipinski definition) is 7. The smallest absolute Gasteiger partial charge is 0.309 e. The topological polar surface area (TPSA) is 115 Å². The molecule has 2 aliphatic rings. The molecule has 10 nitrogen and oxygen atoms in total. The lowest BCUT2D eigenvalue weighted by atomic mass is 10.1. The van der Waals surface area contributed by atoms with Crippen LogP contribution in [0.25, 0.3) is 0 Å². The summed E-state index contributed by atoms with van der Waals surface area (Å²) in [5.41, 5.74) is 0.429. The van der Waals surface area contributed by atoms with Gasteiger partial charge in [-0.1, -0.05) is 0 Å². The van der Waals surface area contributed by atoms with Crippen LogP contribution < -0.4 is 20.1 Å². The van der Waals surface area contributed by atoms with Gasteiger partial charge in [0.15, 0.2) is 11.5 Å². The highest BCUT2D eigenvalue weighted by molar-refractivity contribution is 6.35. The van der Waals surface area contributed by atoms with E-state index in [9.17, 15) is 14.4 Å². The Kier molecular flexibility index (Phi) is 6.09. The maximum atomic E-state index is 12.8. The Morgan fingerprint density at radius 1 is 1.19 bits per heavy atom. The molecule has 2 heterocycles. The zero-order valence-electron chi connectivity index (χ0n) is 14.9. The van der Waals surface area contributed by atoms with E-state index >= 15 is 0 Å². The third-order valence-electron chi connectivity index (χ3n) is 4.11. The molecule has 0 bridgehead atoms. The van der Waals surface area contributed by atoms with Crippen molar-refractivity contribution in [2.45, 2.75) is 6.23 Å². The van der Waals surface area contributed by atoms with E-state index in [0.717, 1.165) is 0 Å². The van der Waals surface area contributed by atoms with Crippen molar-refractivity contribution >= 4 is 17.7 Å². The van der Waals surface area contributed by atoms with Crippen LogP contribution in [0, 0.1) is 0 Å². The van der Waals surface area contributed by atoms with Crippen LogP contribution in [0.5, 0.6) is 11.5 Å². The maximum Gasteiger partial charge on any atom is 0.309 e. The number of carbonyl (C=O) groups excluding carboxylic acids is 3. The monoisotopic (exact) mass is 379 g/mol. The van der Waals surface area contributed by atoms with Crippen LogP contribution in [0.3, 0.4) is 0 Å². The normalized spacial score (nSPS) is 17.7. The maximum absolute atomic E-state index is 12.8. The molecule has 2 N–H and O–H groups in total. The predicted molar refractivity (Wildman–Crippen MR) is 91.2 cm³/mol. The van der Waals surface area contributed by atoms with Crippen LogP contribution in [0.15, 0.2) is 18.2 Å². The van der Waals surface area contributed by atoms with Crippen LogP contribution in [0.1, 0.15) is 10.4 Å². The predicted octanol–water partition coefficient (Wildman–Crippen LogP) is -0.907. The summed E-state index contributed by atoms with van der Waals surface area (Å²) in [5.74, 6) is -0.712. The van der Waals surface area contributed by atoms with Crippen LogP contribution in [0.2, 0.25) is 0 Å². The first-order valence-corrected chi connectivity index (χ1v) is 8.47. The minimum Gasteiger partial charge on any atom is -0.454 e. The van der Waals surface area contributed by atoms with E-state index in [2.05, 4.69) is 10.6 Å². The highest BCUT2D eigenvalue weighted by Crippen LogP contribution is 2.33. The standard InChI is InChI=1S/C17H21N3O7/c1-24-6-4-18-15(21)16(22)19-9-14-20(5-7-25-14)17(23)11-2-3-12-13(8-11)27-10-26-12/h2-3,8,14H,4-7,9-10H2,1H3,(H,18,21)(H,19,22)/t14-/m1/s1. The summed E-state index contributed by atoms with van der Waals surface area (Å²) >= 11 is 0. The van der Waals surface area contributed by atoms with Crippen molar-refractivity contribution in [1.82, 2.24) is 15.5 Å². The molecule has 2 aliphatic heterocycles. The number of rotatable bonds is 6. The van der Waals surface area contributed by atoms with Crippen molar-refractivity contribution in [2.75, 3.05) is 46.8 Å². The highest BCUT2D eigenvalue weighted by atomic mass is 16.7. The van der Waals surface area contributed by atoms with Gasteiger partial charge < -0.3 is 34.5 Å². The molecule has 0 unspecified atom stereocenters. The van der Waals surface area contributed by atoms with Gasteiger partial charge in [0.1, 0.15) is 6.23 Å². The number of ether oxygens (including phenoxy) is 4. The van der Waals surface area contributed by atoms with Gasteiger partial charge in [0.05, 0.1) is 19.8 Å². The minimum absolute atomic E-state index is 0.00677. The van der Waals surface area contributed by atoms with E-state index in [1.807, 2.05) is 0 Å². The number of hydrogen-bond donors (Lipinski definition) is 2. The van der Waals surface area contributed by atoms with Crippen molar-refractivity contribution in [3.05, 3.63) is 23.8 Å². The third-order valence-corrected chi connectivity index (χ3v) is 4.11. The van der Waals surface area contributed by atoms with Crippen molar-refractivity contribution in [1.29, 1.82) is 0 Å². The highest BCUT2D eigenvalue weighted by Gasteiger charge is 2.31. The molecular formula is C17H21N3O7. The molecule has 3 rings (SSSR count). The Labute approximate surface area is 155 Å². The first kappa shape index (κ1) is 18.9. The number of carbonyl (C=O) groups is 3. The van der Waals surface area contributed by atoms with Crippen molar-refractivity contribution in [3.8, 4) is 11.5 Å². The first-order chi connectivity index (χ1) is 13.1. The Bertz CT molecular complexity index is 724. The second-order valence-electron chi connectivity index (χ2n) is 5.85. The molecule has 1 fully saturated rings. The molecule has 27 heavy (non-hydrogen) atoms. The van der Waals surface area contributed by atoms with Crippen molar-refractivity contribution in [2.24, 2.45) is 0 Å². The van der Waals surface area contributed by atoms with E-state index in [1.165, 1.54) is 12.0 Å². The zero-order valence-corrected chi connectivity index (χ0v) is 14.9. The minimum atomic E-state index is -0.794. The van der Waals surface area contributed by atoms with E-state index in [0.29, 0.717) is 36.8 Å². The van der Waals surface area contributed by atoms with Crippen LogP contribution in [0.4, 0.5) is 0 Å². The fraction of sp³-hybridized carbons (Fsp3) is 0.471. The molecule has 1 saturated heterocycles. The lowest BCUT2D eigenvalue weighted by Gasteiger charge is -2.23. The number of nitrogens with zero attached hydrogens (tertiary/aromatic N) is 1. The van der Waals surface area contributed by atoms with E-state index in [4.69, 9.17) is 18.9 Å². The number of nitrogens with one attached hydrogen (secondary N) is 2. The fourth-order valence-electron chi connectivity index (χ4n) is 2.73. The summed E-state index contributed by atoms with van der Waals surface area (Å²) < 4.78 is 20.8. The molecule has 10 heteroatoms. The fourth-order valence-corrected chi connectivity index (χ4v) is 2.73. The van der Waals surface area contributed by atoms with Gasteiger partial charge in [-0.2, -0.15) is 0 Å². The molecule has 0 saturated carbocycles. The molecule has 0 spiro atoms. The summed E-state index contributed by atoms with van der Waals surface area (Å²) in [6.45, 7) is 1.40. The zero-order chi connectivity index (χ0) is 19.2. The third kappa shape index (κ3) is 4.47. The Balaban J connectivity index is 1.54. The van der Waals surface area contributed by atoms with Gasteiger partial charge in [0.25, 0.3) is 5.91 Å². The summed E-state index contributed by atoms with van der Waals surface area (Å²) in [5, 5.41) is 4.89. The number of fused-ring (bicyclic) bond motifs is 1. The summed E-state index contributed by atoms with van der Waals surface area (Å²) in [4.78, 5) is 37.7. The van der Waals surface area contributed by atoms with Gasteiger partial charge in [0, 0.05) is 25.8 Å². The van der Waals surface area contributed by atoms with Gasteiger partial charge in [0.2, 0.25) is 6.79 Å². The number of benzene rings is 1. The van der Waals surface area contributed by atoms with E-state index in [-0.39, 0.29) is 25.8 Å². The Morgan fingerprint density at radius 2 is 1.96 bits per heavy atom. The average molecular weight is 379 g/mol. The van der Waals surface area contributed by atoms with Crippen LogP contribution in [-0.2, 0) is 19.1 Å². The Hall–Kier alpha value is -2.85. The lowest BCUT2D eigenvalue weighted by molar-refractivity contribution is -0.139. The van der Waals surface area contributed by atoms with E-state index in [1.54, 1.807) is 18.2 Å². The van der Waals surface area contributed by atoms with Gasteiger partial charge in [-0.25, -0.2) is 0 Å². The van der Waals surface area contributed by atoms with Gasteiger partial charge in [-0.15, -0.1) is 0 Å². The second kappa shape index (κ2) is 8.69. The molecule has 146 valence electrons. The molecule has 1 aromatic rings. The van der Waals surface area contributed by atoms with Gasteiger partial charge >= 0.3 is 11.8 Å². The van der Waals surface area contributed by atoms with Crippen molar-refractivity contribution in [3.63, 3.8) is 0 Å². The van der Waals surface area contributed by atoms with Crippen LogP contribution >= 0.6 is 0 Å². The quantitative estimate of drug-likeness (QED) is 0.486. The van der Waals surface area contributed by atoms with Gasteiger partial charge in [-0.05, 0) is 18.2 Å². The second-order valence-corrected chi connectivity index (χ2v) is 5.85. The average Bonchev–Trinajstić information content (AvgIpc) is 3.33. The summed E-state index contributed by atoms with van der Waals surface area (Å²) in [7, 11) is 1.50. The number of methoxy groups -OCH3 is 1. The molecule has 1 aromatic carbocycles. The molecular weight excluding hydrogens is 358 g/mol.